The molecule has 1 aliphatic rings. The van der Waals surface area contributed by atoms with Gasteiger partial charge in [0, 0.05) is 35.5 Å². The van der Waals surface area contributed by atoms with Crippen LogP contribution in [0, 0.1) is 11.6 Å². The van der Waals surface area contributed by atoms with E-state index < -0.39 is 11.6 Å². The van der Waals surface area contributed by atoms with Gasteiger partial charge in [0.2, 0.25) is 5.88 Å². The summed E-state index contributed by atoms with van der Waals surface area (Å²) in [6.07, 6.45) is 1.61. The van der Waals surface area contributed by atoms with Gasteiger partial charge >= 0.3 is 0 Å². The van der Waals surface area contributed by atoms with Crippen molar-refractivity contribution in [2.45, 2.75) is 6.54 Å². The Kier molecular flexibility index (Phi) is 3.88. The van der Waals surface area contributed by atoms with Crippen LogP contribution in [0.1, 0.15) is 15.9 Å². The summed E-state index contributed by atoms with van der Waals surface area (Å²) in [6, 6.07) is 10.4. The van der Waals surface area contributed by atoms with Gasteiger partial charge in [-0.05, 0) is 53.1 Å². The second-order valence-electron chi connectivity index (χ2n) is 5.92. The maximum atomic E-state index is 14.3. The molecule has 0 saturated heterocycles. The second kappa shape index (κ2) is 6.22. The molecule has 1 aromatic heterocycles. The Morgan fingerprint density at radius 2 is 1.85 bits per heavy atom. The van der Waals surface area contributed by atoms with Crippen molar-refractivity contribution < 1.29 is 18.3 Å². The van der Waals surface area contributed by atoms with Crippen LogP contribution in [0.2, 0.25) is 0 Å². The minimum Gasteiger partial charge on any atom is -0.481 e. The number of benzene rings is 2. The maximum Gasteiger partial charge on any atom is 0.251 e. The van der Waals surface area contributed by atoms with Gasteiger partial charge in [-0.2, -0.15) is 0 Å². The van der Waals surface area contributed by atoms with Crippen LogP contribution in [0.15, 0.2) is 48.7 Å². The first kappa shape index (κ1) is 16.2. The number of fused-ring (bicyclic) bond motifs is 1. The smallest absolute Gasteiger partial charge is 0.251 e. The highest BCUT2D eigenvalue weighted by molar-refractivity contribution is 6.02. The number of rotatable bonds is 3. The Morgan fingerprint density at radius 3 is 2.62 bits per heavy atom. The summed E-state index contributed by atoms with van der Waals surface area (Å²) < 4.78 is 32.9. The largest absolute Gasteiger partial charge is 0.481 e. The number of ether oxygens (including phenoxy) is 1. The third-order valence-corrected chi connectivity index (χ3v) is 4.42. The lowest BCUT2D eigenvalue weighted by Gasteiger charge is -2.13. The quantitative estimate of drug-likeness (QED) is 0.777. The summed E-state index contributed by atoms with van der Waals surface area (Å²) in [7, 11) is 1.51. The molecule has 0 aliphatic carbocycles. The van der Waals surface area contributed by atoms with Crippen molar-refractivity contribution in [1.29, 1.82) is 0 Å². The number of nitrogens with one attached hydrogen (secondary N) is 1. The van der Waals surface area contributed by atoms with Crippen molar-refractivity contribution in [3.63, 3.8) is 0 Å². The number of carbonyl (C=O) groups is 1. The van der Waals surface area contributed by atoms with E-state index >= 15 is 0 Å². The van der Waals surface area contributed by atoms with Crippen molar-refractivity contribution in [3.8, 4) is 28.1 Å². The lowest BCUT2D eigenvalue weighted by atomic mass is 9.92. The summed E-state index contributed by atoms with van der Waals surface area (Å²) in [5, 5.41) is 2.78. The Morgan fingerprint density at radius 1 is 1.04 bits per heavy atom. The molecule has 0 spiro atoms. The molecule has 0 unspecified atom stereocenters. The first-order valence-corrected chi connectivity index (χ1v) is 7.98. The van der Waals surface area contributed by atoms with Gasteiger partial charge in [-0.1, -0.05) is 0 Å². The fourth-order valence-electron chi connectivity index (χ4n) is 3.21. The summed E-state index contributed by atoms with van der Waals surface area (Å²) in [4.78, 5) is 16.4. The van der Waals surface area contributed by atoms with E-state index in [4.69, 9.17) is 4.74 Å². The predicted octanol–water partition coefficient (Wildman–Crippen LogP) is 3.95. The van der Waals surface area contributed by atoms with E-state index in [1.54, 1.807) is 24.4 Å². The number of amides is 1. The van der Waals surface area contributed by atoms with E-state index in [1.807, 2.05) is 6.07 Å². The van der Waals surface area contributed by atoms with E-state index in [-0.39, 0.29) is 11.5 Å². The molecular weight excluding hydrogens is 338 g/mol. The lowest BCUT2D eigenvalue weighted by Crippen LogP contribution is -2.12. The van der Waals surface area contributed by atoms with Gasteiger partial charge in [0.05, 0.1) is 7.11 Å². The molecule has 0 fully saturated rings. The van der Waals surface area contributed by atoms with Crippen LogP contribution in [0.4, 0.5) is 8.78 Å². The zero-order chi connectivity index (χ0) is 18.3. The highest BCUT2D eigenvalue weighted by Crippen LogP contribution is 2.38. The highest BCUT2D eigenvalue weighted by Gasteiger charge is 2.25. The molecule has 1 N–H and O–H groups in total. The van der Waals surface area contributed by atoms with Crippen molar-refractivity contribution in [2.24, 2.45) is 0 Å². The highest BCUT2D eigenvalue weighted by atomic mass is 19.1. The van der Waals surface area contributed by atoms with Crippen LogP contribution in [0.3, 0.4) is 0 Å². The summed E-state index contributed by atoms with van der Waals surface area (Å²) in [5.74, 6) is -1.16. The third-order valence-electron chi connectivity index (χ3n) is 4.42. The minimum absolute atomic E-state index is 0.220. The molecular formula is C20H14F2N2O2. The molecule has 4 nitrogen and oxygen atoms in total. The van der Waals surface area contributed by atoms with Crippen LogP contribution in [0.25, 0.3) is 22.3 Å². The molecule has 3 aromatic rings. The number of pyridine rings is 1. The number of methoxy groups -OCH3 is 1. The number of nitrogens with zero attached hydrogens (tertiary/aromatic N) is 1. The van der Waals surface area contributed by atoms with Crippen molar-refractivity contribution in [2.75, 3.05) is 7.11 Å². The summed E-state index contributed by atoms with van der Waals surface area (Å²) in [5.41, 5.74) is 3.40. The summed E-state index contributed by atoms with van der Waals surface area (Å²) in [6.45, 7) is 0.369. The topological polar surface area (TPSA) is 51.2 Å². The van der Waals surface area contributed by atoms with Gasteiger partial charge in [0.25, 0.3) is 5.91 Å². The minimum atomic E-state index is -0.688. The molecule has 1 amide bonds. The van der Waals surface area contributed by atoms with Gasteiger partial charge in [0.15, 0.2) is 0 Å². The molecule has 0 bridgehead atoms. The molecule has 130 valence electrons. The molecule has 1 aliphatic heterocycles. The van der Waals surface area contributed by atoms with E-state index in [9.17, 15) is 13.6 Å². The monoisotopic (exact) mass is 352 g/mol. The van der Waals surface area contributed by atoms with Crippen LogP contribution < -0.4 is 10.1 Å². The van der Waals surface area contributed by atoms with Gasteiger partial charge in [-0.15, -0.1) is 0 Å². The van der Waals surface area contributed by atoms with Crippen molar-refractivity contribution >= 4 is 5.91 Å². The van der Waals surface area contributed by atoms with Gasteiger partial charge < -0.3 is 10.1 Å². The molecule has 0 radical (unpaired) electrons. The molecule has 2 aromatic carbocycles. The van der Waals surface area contributed by atoms with Crippen LogP contribution in [0.5, 0.6) is 5.88 Å². The van der Waals surface area contributed by atoms with Crippen molar-refractivity contribution in [3.05, 3.63) is 71.4 Å². The molecule has 0 saturated carbocycles. The molecule has 0 atom stereocenters. The van der Waals surface area contributed by atoms with Gasteiger partial charge in [-0.25, -0.2) is 13.8 Å². The predicted molar refractivity (Wildman–Crippen MR) is 92.7 cm³/mol. The van der Waals surface area contributed by atoms with E-state index in [2.05, 4.69) is 10.3 Å². The van der Waals surface area contributed by atoms with Crippen molar-refractivity contribution in [1.82, 2.24) is 10.3 Å². The SMILES string of the molecule is COc1ncccc1-c1cc(-c2ccc(F)cc2F)cc2c1CNC2=O. The third kappa shape index (κ3) is 2.60. The summed E-state index contributed by atoms with van der Waals surface area (Å²) >= 11 is 0. The first-order valence-electron chi connectivity index (χ1n) is 7.98. The molecule has 2 heterocycles. The van der Waals surface area contributed by atoms with Gasteiger partial charge in [-0.3, -0.25) is 4.79 Å². The standard InChI is InChI=1S/C20H14F2N2O2/c1-26-20-14(3-2-6-23-20)15-7-11(8-16-17(15)10-24-19(16)25)13-5-4-12(21)9-18(13)22/h2-9H,10H2,1H3,(H,24,25). The zero-order valence-corrected chi connectivity index (χ0v) is 13.8. The Balaban J connectivity index is 1.99. The van der Waals surface area contributed by atoms with E-state index in [1.165, 1.54) is 19.2 Å². The fourth-order valence-corrected chi connectivity index (χ4v) is 3.21. The molecule has 6 heteroatoms. The first-order chi connectivity index (χ1) is 12.6. The second-order valence-corrected chi connectivity index (χ2v) is 5.92. The zero-order valence-electron chi connectivity index (χ0n) is 13.8. The number of aromatic nitrogens is 1. The van der Waals surface area contributed by atoms with Crippen LogP contribution in [-0.4, -0.2) is 18.0 Å². The maximum absolute atomic E-state index is 14.3. The normalized spacial score (nSPS) is 12.7. The fraction of sp³-hybridized carbons (Fsp3) is 0.100. The van der Waals surface area contributed by atoms with E-state index in [0.717, 1.165) is 17.2 Å². The average molecular weight is 352 g/mol. The average Bonchev–Trinajstić information content (AvgIpc) is 3.02. The Labute approximate surface area is 148 Å². The number of halogens is 2. The number of carbonyl (C=O) groups excluding carboxylic acids is 1. The van der Waals surface area contributed by atoms with Gasteiger partial charge in [0.1, 0.15) is 11.6 Å². The Bertz CT molecular complexity index is 1030. The lowest BCUT2D eigenvalue weighted by molar-refractivity contribution is 0.0966. The van der Waals surface area contributed by atoms with Crippen LogP contribution >= 0.6 is 0 Å². The Hall–Kier alpha value is -3.28. The molecule has 26 heavy (non-hydrogen) atoms. The number of hydrogen-bond acceptors (Lipinski definition) is 3. The number of hydrogen-bond donors (Lipinski definition) is 1. The van der Waals surface area contributed by atoms with Crippen LogP contribution in [-0.2, 0) is 6.54 Å². The van der Waals surface area contributed by atoms with E-state index in [0.29, 0.717) is 29.1 Å². The molecule has 4 rings (SSSR count).